The summed E-state index contributed by atoms with van der Waals surface area (Å²) in [6.07, 6.45) is 0. The molecule has 0 spiro atoms. The van der Waals surface area contributed by atoms with Gasteiger partial charge in [-0.25, -0.2) is 4.79 Å². The van der Waals surface area contributed by atoms with Gasteiger partial charge in [0.1, 0.15) is 5.75 Å². The van der Waals surface area contributed by atoms with Crippen molar-refractivity contribution in [2.75, 3.05) is 31.9 Å². The lowest BCUT2D eigenvalue weighted by Gasteiger charge is -2.23. The van der Waals surface area contributed by atoms with Gasteiger partial charge in [0, 0.05) is 12.7 Å². The van der Waals surface area contributed by atoms with Crippen LogP contribution in [0.2, 0.25) is 0 Å². The third kappa shape index (κ3) is 2.91. The van der Waals surface area contributed by atoms with Crippen molar-refractivity contribution in [1.82, 2.24) is 0 Å². The van der Waals surface area contributed by atoms with Crippen molar-refractivity contribution < 1.29 is 14.3 Å². The molecule has 5 nitrogen and oxygen atoms in total. The first-order valence-electron chi connectivity index (χ1n) is 6.43. The number of esters is 1. The third-order valence-corrected chi connectivity index (χ3v) is 3.27. The van der Waals surface area contributed by atoms with E-state index in [1.807, 2.05) is 36.2 Å². The molecule has 0 saturated heterocycles. The molecule has 0 atom stereocenters. The van der Waals surface area contributed by atoms with Gasteiger partial charge in [-0.1, -0.05) is 6.07 Å². The average molecular weight is 286 g/mol. The number of para-hydroxylation sites is 1. The summed E-state index contributed by atoms with van der Waals surface area (Å²) in [6.45, 7) is 0. The molecule has 0 fully saturated rings. The number of anilines is 3. The maximum absolute atomic E-state index is 11.9. The highest BCUT2D eigenvalue weighted by Crippen LogP contribution is 2.33. The number of hydrogen-bond acceptors (Lipinski definition) is 5. The lowest BCUT2D eigenvalue weighted by molar-refractivity contribution is 0.0601. The van der Waals surface area contributed by atoms with E-state index in [-0.39, 0.29) is 0 Å². The van der Waals surface area contributed by atoms with Gasteiger partial charge >= 0.3 is 5.97 Å². The van der Waals surface area contributed by atoms with Crippen LogP contribution in [0.5, 0.6) is 5.75 Å². The Balaban J connectivity index is 2.46. The van der Waals surface area contributed by atoms with Gasteiger partial charge in [-0.05, 0) is 36.4 Å². The van der Waals surface area contributed by atoms with Crippen LogP contribution in [-0.4, -0.2) is 27.2 Å². The molecule has 2 N–H and O–H groups in total. The van der Waals surface area contributed by atoms with Crippen LogP contribution in [0.3, 0.4) is 0 Å². The number of hydrogen-bond donors (Lipinski definition) is 1. The summed E-state index contributed by atoms with van der Waals surface area (Å²) in [6, 6.07) is 12.7. The maximum atomic E-state index is 11.9. The number of carbonyl (C=O) groups is 1. The zero-order chi connectivity index (χ0) is 15.4. The van der Waals surface area contributed by atoms with Crippen molar-refractivity contribution in [3.05, 3.63) is 48.0 Å². The molecule has 0 bridgehead atoms. The Bertz CT molecular complexity index is 638. The fraction of sp³-hybridized carbons (Fsp3) is 0.188. The highest BCUT2D eigenvalue weighted by molar-refractivity contribution is 6.00. The van der Waals surface area contributed by atoms with Gasteiger partial charge in [-0.3, -0.25) is 0 Å². The molecule has 2 aromatic rings. The van der Waals surface area contributed by atoms with Crippen molar-refractivity contribution in [3.63, 3.8) is 0 Å². The molecule has 0 saturated carbocycles. The molecule has 5 heteroatoms. The van der Waals surface area contributed by atoms with Gasteiger partial charge in [0.25, 0.3) is 0 Å². The largest absolute Gasteiger partial charge is 0.497 e. The van der Waals surface area contributed by atoms with E-state index in [1.54, 1.807) is 25.3 Å². The van der Waals surface area contributed by atoms with E-state index in [4.69, 9.17) is 15.2 Å². The zero-order valence-corrected chi connectivity index (χ0v) is 12.3. The number of carbonyl (C=O) groups excluding carboxylic acids is 1. The number of nitrogens with two attached hydrogens (primary N) is 1. The van der Waals surface area contributed by atoms with E-state index in [1.165, 1.54) is 7.11 Å². The van der Waals surface area contributed by atoms with Crippen LogP contribution in [0.25, 0.3) is 0 Å². The van der Waals surface area contributed by atoms with Crippen molar-refractivity contribution >= 4 is 23.0 Å². The van der Waals surface area contributed by atoms with E-state index in [2.05, 4.69) is 0 Å². The first-order chi connectivity index (χ1) is 10.1. The standard InChI is InChI=1S/C16H18N2O3/c1-18(11-7-9-12(20-2)10-8-11)15-13(16(19)21-3)5-4-6-14(15)17/h4-10H,17H2,1-3H3. The Labute approximate surface area is 123 Å². The zero-order valence-electron chi connectivity index (χ0n) is 12.3. The predicted octanol–water partition coefficient (Wildman–Crippen LogP) is 2.83. The Morgan fingerprint density at radius 1 is 1.10 bits per heavy atom. The molecular weight excluding hydrogens is 268 g/mol. The summed E-state index contributed by atoms with van der Waals surface area (Å²) in [7, 11) is 4.81. The molecule has 110 valence electrons. The van der Waals surface area contributed by atoms with Gasteiger partial charge in [-0.15, -0.1) is 0 Å². The second-order valence-corrected chi connectivity index (χ2v) is 4.49. The normalized spacial score (nSPS) is 10.0. The summed E-state index contributed by atoms with van der Waals surface area (Å²) in [5, 5.41) is 0. The molecule has 0 heterocycles. The summed E-state index contributed by atoms with van der Waals surface area (Å²) >= 11 is 0. The molecule has 0 aliphatic rings. The Kier molecular flexibility index (Phi) is 4.33. The maximum Gasteiger partial charge on any atom is 0.340 e. The number of rotatable bonds is 4. The summed E-state index contributed by atoms with van der Waals surface area (Å²) in [5.74, 6) is 0.346. The highest BCUT2D eigenvalue weighted by atomic mass is 16.5. The molecule has 0 aromatic heterocycles. The average Bonchev–Trinajstić information content (AvgIpc) is 2.53. The first-order valence-corrected chi connectivity index (χ1v) is 6.43. The SMILES string of the molecule is COC(=O)c1cccc(N)c1N(C)c1ccc(OC)cc1. The summed E-state index contributed by atoms with van der Waals surface area (Å²) in [4.78, 5) is 13.7. The van der Waals surface area contributed by atoms with Crippen LogP contribution in [0.4, 0.5) is 17.1 Å². The quantitative estimate of drug-likeness (QED) is 0.691. The van der Waals surface area contributed by atoms with Crippen LogP contribution >= 0.6 is 0 Å². The van der Waals surface area contributed by atoms with Crippen LogP contribution < -0.4 is 15.4 Å². The summed E-state index contributed by atoms with van der Waals surface area (Å²) < 4.78 is 9.95. The first kappa shape index (κ1) is 14.7. The molecule has 0 aliphatic carbocycles. The Morgan fingerprint density at radius 3 is 2.33 bits per heavy atom. The molecule has 2 rings (SSSR count). The Morgan fingerprint density at radius 2 is 1.76 bits per heavy atom. The van der Waals surface area contributed by atoms with E-state index in [0.717, 1.165) is 11.4 Å². The van der Waals surface area contributed by atoms with Crippen LogP contribution in [0, 0.1) is 0 Å². The minimum absolute atomic E-state index is 0.419. The molecule has 21 heavy (non-hydrogen) atoms. The second kappa shape index (κ2) is 6.17. The monoisotopic (exact) mass is 286 g/mol. The number of nitrogen functional groups attached to an aromatic ring is 1. The molecular formula is C16H18N2O3. The minimum Gasteiger partial charge on any atom is -0.497 e. The van der Waals surface area contributed by atoms with Crippen LogP contribution in [0.1, 0.15) is 10.4 Å². The van der Waals surface area contributed by atoms with Gasteiger partial charge in [0.2, 0.25) is 0 Å². The lowest BCUT2D eigenvalue weighted by Crippen LogP contribution is -2.16. The molecule has 0 aliphatic heterocycles. The fourth-order valence-corrected chi connectivity index (χ4v) is 2.15. The van der Waals surface area contributed by atoms with Gasteiger partial charge < -0.3 is 20.1 Å². The van der Waals surface area contributed by atoms with Gasteiger partial charge in [0.15, 0.2) is 0 Å². The molecule has 0 amide bonds. The van der Waals surface area contributed by atoms with E-state index < -0.39 is 5.97 Å². The van der Waals surface area contributed by atoms with Crippen LogP contribution in [0.15, 0.2) is 42.5 Å². The van der Waals surface area contributed by atoms with Crippen molar-refractivity contribution in [2.24, 2.45) is 0 Å². The smallest absolute Gasteiger partial charge is 0.340 e. The lowest BCUT2D eigenvalue weighted by atomic mass is 10.1. The number of nitrogens with zero attached hydrogens (tertiary/aromatic N) is 1. The second-order valence-electron chi connectivity index (χ2n) is 4.49. The van der Waals surface area contributed by atoms with Crippen molar-refractivity contribution in [2.45, 2.75) is 0 Å². The molecule has 2 aromatic carbocycles. The van der Waals surface area contributed by atoms with Gasteiger partial charge in [-0.2, -0.15) is 0 Å². The minimum atomic E-state index is -0.419. The topological polar surface area (TPSA) is 64.8 Å². The third-order valence-electron chi connectivity index (χ3n) is 3.27. The highest BCUT2D eigenvalue weighted by Gasteiger charge is 2.18. The van der Waals surface area contributed by atoms with E-state index >= 15 is 0 Å². The number of ether oxygens (including phenoxy) is 2. The van der Waals surface area contributed by atoms with E-state index in [0.29, 0.717) is 16.9 Å². The fourth-order valence-electron chi connectivity index (χ4n) is 2.15. The van der Waals surface area contributed by atoms with Crippen molar-refractivity contribution in [1.29, 1.82) is 0 Å². The predicted molar refractivity (Wildman–Crippen MR) is 83.3 cm³/mol. The van der Waals surface area contributed by atoms with E-state index in [9.17, 15) is 4.79 Å². The van der Waals surface area contributed by atoms with Crippen LogP contribution in [-0.2, 0) is 4.74 Å². The Hall–Kier alpha value is -2.69. The number of methoxy groups -OCH3 is 2. The van der Waals surface area contributed by atoms with Gasteiger partial charge in [0.05, 0.1) is 31.2 Å². The summed E-state index contributed by atoms with van der Waals surface area (Å²) in [5.41, 5.74) is 8.48. The number of benzene rings is 2. The van der Waals surface area contributed by atoms with Crippen molar-refractivity contribution in [3.8, 4) is 5.75 Å². The molecule has 0 radical (unpaired) electrons. The molecule has 0 unspecified atom stereocenters.